The second kappa shape index (κ2) is 7.96. The molecule has 0 radical (unpaired) electrons. The van der Waals surface area contributed by atoms with Crippen molar-refractivity contribution in [3.8, 4) is 0 Å². The fraction of sp³-hybridized carbons (Fsp3) is 0.130. The Hall–Kier alpha value is -3.60. The predicted molar refractivity (Wildman–Crippen MR) is 110 cm³/mol. The Labute approximate surface area is 163 Å². The number of aryl methyl sites for hydroxylation is 1. The lowest BCUT2D eigenvalue weighted by molar-refractivity contribution is 0.486. The molecule has 0 bridgehead atoms. The maximum absolute atomic E-state index is 12.4. The van der Waals surface area contributed by atoms with Crippen LogP contribution in [0.4, 0.5) is 11.7 Å². The average Bonchev–Trinajstić information content (AvgIpc) is 3.08. The van der Waals surface area contributed by atoms with Gasteiger partial charge in [0.2, 0.25) is 0 Å². The molecule has 1 heterocycles. The van der Waals surface area contributed by atoms with E-state index in [2.05, 4.69) is 5.10 Å². The highest BCUT2D eigenvalue weighted by atomic mass is 16.4. The van der Waals surface area contributed by atoms with Crippen LogP contribution in [0.3, 0.4) is 0 Å². The van der Waals surface area contributed by atoms with Crippen LogP contribution < -0.4 is 10.7 Å². The number of rotatable bonds is 6. The molecule has 0 aliphatic rings. The summed E-state index contributed by atoms with van der Waals surface area (Å²) in [6.07, 6.45) is 0. The van der Waals surface area contributed by atoms with E-state index in [0.717, 1.165) is 22.4 Å². The minimum absolute atomic E-state index is 0.291. The number of nitrogens with zero attached hydrogens (tertiary/aromatic N) is 3. The molecule has 0 atom stereocenters. The second-order valence-electron chi connectivity index (χ2n) is 6.65. The van der Waals surface area contributed by atoms with E-state index in [1.165, 1.54) is 4.68 Å². The van der Waals surface area contributed by atoms with Crippen LogP contribution in [0.15, 0.2) is 94.1 Å². The highest BCUT2D eigenvalue weighted by Gasteiger charge is 2.19. The first kappa shape index (κ1) is 17.8. The molecular formula is C23H21N3O2. The number of hydrogen-bond donors (Lipinski definition) is 0. The van der Waals surface area contributed by atoms with Crippen LogP contribution in [-0.2, 0) is 13.1 Å². The fourth-order valence-electron chi connectivity index (χ4n) is 3.15. The minimum atomic E-state index is -0.467. The smallest absolute Gasteiger partial charge is 0.373 e. The molecule has 0 spiro atoms. The molecular weight excluding hydrogens is 350 g/mol. The summed E-state index contributed by atoms with van der Waals surface area (Å²) in [5.41, 5.74) is 4.14. The highest BCUT2D eigenvalue weighted by Crippen LogP contribution is 2.28. The maximum atomic E-state index is 12.4. The van der Waals surface area contributed by atoms with Gasteiger partial charge in [0.25, 0.3) is 0 Å². The zero-order valence-electron chi connectivity index (χ0n) is 15.7. The second-order valence-corrected chi connectivity index (χ2v) is 6.65. The molecule has 28 heavy (non-hydrogen) atoms. The lowest BCUT2D eigenvalue weighted by Gasteiger charge is -2.22. The zero-order valence-corrected chi connectivity index (χ0v) is 15.7. The highest BCUT2D eigenvalue weighted by molar-refractivity contribution is 5.60. The van der Waals surface area contributed by atoms with Crippen molar-refractivity contribution in [2.24, 2.45) is 0 Å². The SMILES string of the molecule is Cc1ccccc1N(Cc1ccccc1)c1nn(Cc2ccccc2)c(=O)o1. The Kier molecular flexibility index (Phi) is 5.06. The molecule has 3 aromatic carbocycles. The van der Waals surface area contributed by atoms with Crippen LogP contribution in [0, 0.1) is 6.92 Å². The Balaban J connectivity index is 1.71. The molecule has 1 aromatic heterocycles. The van der Waals surface area contributed by atoms with E-state index in [1.807, 2.05) is 96.8 Å². The third kappa shape index (κ3) is 3.88. The van der Waals surface area contributed by atoms with Gasteiger partial charge >= 0.3 is 11.8 Å². The van der Waals surface area contributed by atoms with Crippen LogP contribution in [0.5, 0.6) is 0 Å². The number of anilines is 2. The first-order valence-electron chi connectivity index (χ1n) is 9.20. The van der Waals surface area contributed by atoms with Crippen molar-refractivity contribution in [2.75, 3.05) is 4.90 Å². The van der Waals surface area contributed by atoms with E-state index in [1.54, 1.807) is 0 Å². The van der Waals surface area contributed by atoms with Gasteiger partial charge < -0.3 is 4.42 Å². The number of para-hydroxylation sites is 1. The van der Waals surface area contributed by atoms with Gasteiger partial charge in [-0.1, -0.05) is 78.9 Å². The van der Waals surface area contributed by atoms with Crippen molar-refractivity contribution >= 4 is 11.7 Å². The van der Waals surface area contributed by atoms with Gasteiger partial charge in [0.15, 0.2) is 0 Å². The van der Waals surface area contributed by atoms with E-state index < -0.39 is 5.76 Å². The minimum Gasteiger partial charge on any atom is -0.373 e. The van der Waals surface area contributed by atoms with Crippen molar-refractivity contribution in [2.45, 2.75) is 20.0 Å². The Morgan fingerprint density at radius 3 is 2.14 bits per heavy atom. The van der Waals surface area contributed by atoms with Gasteiger partial charge in [-0.05, 0) is 29.7 Å². The molecule has 5 heteroatoms. The Morgan fingerprint density at radius 1 is 0.857 bits per heavy atom. The molecule has 0 N–H and O–H groups in total. The summed E-state index contributed by atoms with van der Waals surface area (Å²) < 4.78 is 6.91. The summed E-state index contributed by atoms with van der Waals surface area (Å²) in [6, 6.07) is 28.1. The number of aromatic nitrogens is 2. The van der Waals surface area contributed by atoms with Gasteiger partial charge in [-0.3, -0.25) is 4.90 Å². The predicted octanol–water partition coefficient (Wildman–Crippen LogP) is 4.53. The van der Waals surface area contributed by atoms with E-state index >= 15 is 0 Å². The van der Waals surface area contributed by atoms with Gasteiger partial charge in [0, 0.05) is 5.69 Å². The van der Waals surface area contributed by atoms with Gasteiger partial charge in [-0.15, -0.1) is 5.10 Å². The third-order valence-electron chi connectivity index (χ3n) is 4.59. The quantitative estimate of drug-likeness (QED) is 0.500. The van der Waals surface area contributed by atoms with Crippen LogP contribution in [0.1, 0.15) is 16.7 Å². The summed E-state index contributed by atoms with van der Waals surface area (Å²) >= 11 is 0. The van der Waals surface area contributed by atoms with Crippen LogP contribution in [0.25, 0.3) is 0 Å². The molecule has 4 rings (SSSR count). The van der Waals surface area contributed by atoms with Crippen molar-refractivity contribution in [1.82, 2.24) is 9.78 Å². The number of benzene rings is 3. The summed E-state index contributed by atoms with van der Waals surface area (Å²) in [6.45, 7) is 2.96. The summed E-state index contributed by atoms with van der Waals surface area (Å²) in [5, 5.41) is 4.48. The van der Waals surface area contributed by atoms with Gasteiger partial charge in [0.1, 0.15) is 0 Å². The Morgan fingerprint density at radius 2 is 1.46 bits per heavy atom. The van der Waals surface area contributed by atoms with E-state index in [0.29, 0.717) is 19.1 Å². The molecule has 140 valence electrons. The van der Waals surface area contributed by atoms with E-state index in [9.17, 15) is 4.79 Å². The molecule has 0 saturated heterocycles. The third-order valence-corrected chi connectivity index (χ3v) is 4.59. The normalized spacial score (nSPS) is 10.8. The molecule has 5 nitrogen and oxygen atoms in total. The lowest BCUT2D eigenvalue weighted by Crippen LogP contribution is -2.19. The Bertz CT molecular complexity index is 1100. The molecule has 0 saturated carbocycles. The van der Waals surface area contributed by atoms with Crippen molar-refractivity contribution in [3.63, 3.8) is 0 Å². The molecule has 0 fully saturated rings. The van der Waals surface area contributed by atoms with Crippen molar-refractivity contribution in [1.29, 1.82) is 0 Å². The van der Waals surface area contributed by atoms with Crippen LogP contribution >= 0.6 is 0 Å². The first-order chi connectivity index (χ1) is 13.7. The molecule has 0 amide bonds. The monoisotopic (exact) mass is 371 g/mol. The standard InChI is InChI=1S/C23H21N3O2/c1-18-10-8-9-15-21(18)25(16-19-11-4-2-5-12-19)22-24-26(23(27)28-22)17-20-13-6-3-7-14-20/h2-15H,16-17H2,1H3. The van der Waals surface area contributed by atoms with Crippen LogP contribution in [0.2, 0.25) is 0 Å². The van der Waals surface area contributed by atoms with Gasteiger partial charge in [0.05, 0.1) is 13.1 Å². The first-order valence-corrected chi connectivity index (χ1v) is 9.20. The van der Waals surface area contributed by atoms with E-state index in [4.69, 9.17) is 4.42 Å². The van der Waals surface area contributed by atoms with Gasteiger partial charge in [-0.2, -0.15) is 4.68 Å². The molecule has 4 aromatic rings. The summed E-state index contributed by atoms with van der Waals surface area (Å²) in [7, 11) is 0. The lowest BCUT2D eigenvalue weighted by atomic mass is 10.1. The van der Waals surface area contributed by atoms with Crippen molar-refractivity contribution < 1.29 is 4.42 Å². The molecule has 0 aliphatic carbocycles. The largest absolute Gasteiger partial charge is 0.438 e. The topological polar surface area (TPSA) is 51.3 Å². The molecule has 0 aliphatic heterocycles. The zero-order chi connectivity index (χ0) is 19.3. The molecule has 0 unspecified atom stereocenters. The number of hydrogen-bond acceptors (Lipinski definition) is 4. The summed E-state index contributed by atoms with van der Waals surface area (Å²) in [4.78, 5) is 14.4. The van der Waals surface area contributed by atoms with Crippen molar-refractivity contribution in [3.05, 3.63) is 112 Å². The van der Waals surface area contributed by atoms with Gasteiger partial charge in [-0.25, -0.2) is 4.79 Å². The average molecular weight is 371 g/mol. The summed E-state index contributed by atoms with van der Waals surface area (Å²) in [5.74, 6) is -0.467. The fourth-order valence-corrected chi connectivity index (χ4v) is 3.15. The van der Waals surface area contributed by atoms with Crippen LogP contribution in [-0.4, -0.2) is 9.78 Å². The van der Waals surface area contributed by atoms with E-state index in [-0.39, 0.29) is 0 Å². The maximum Gasteiger partial charge on any atom is 0.438 e.